The lowest BCUT2D eigenvalue weighted by Crippen LogP contribution is -2.50. The number of benzene rings is 1. The van der Waals surface area contributed by atoms with Gasteiger partial charge in [0.15, 0.2) is 0 Å². The molecule has 1 aromatic heterocycles. The van der Waals surface area contributed by atoms with E-state index in [1.807, 2.05) is 6.07 Å². The number of thiophene rings is 1. The molecule has 1 aliphatic carbocycles. The molecule has 0 saturated heterocycles. The molecule has 3 rings (SSSR count). The Balaban J connectivity index is 1.88. The van der Waals surface area contributed by atoms with Gasteiger partial charge in [0, 0.05) is 17.5 Å². The number of carbonyl (C=O) groups is 2. The highest BCUT2D eigenvalue weighted by atomic mass is 32.1. The zero-order valence-corrected chi connectivity index (χ0v) is 16.6. The normalized spacial score (nSPS) is 15.8. The third-order valence-corrected chi connectivity index (χ3v) is 5.99. The van der Waals surface area contributed by atoms with Gasteiger partial charge in [-0.05, 0) is 36.3 Å². The van der Waals surface area contributed by atoms with Gasteiger partial charge in [-0.25, -0.2) is 0 Å². The molecule has 2 amide bonds. The average Bonchev–Trinajstić information content (AvgIpc) is 3.38. The Morgan fingerprint density at radius 1 is 1.10 bits per heavy atom. The fourth-order valence-corrected chi connectivity index (χ4v) is 4.46. The molecular formula is C21H23F3N2O2S. The van der Waals surface area contributed by atoms with E-state index < -0.39 is 24.0 Å². The van der Waals surface area contributed by atoms with Crippen molar-refractivity contribution in [2.24, 2.45) is 0 Å². The fraction of sp³-hybridized carbons (Fsp3) is 0.429. The number of rotatable bonds is 7. The Morgan fingerprint density at radius 3 is 2.38 bits per heavy atom. The van der Waals surface area contributed by atoms with E-state index in [-0.39, 0.29) is 19.0 Å². The van der Waals surface area contributed by atoms with Crippen LogP contribution in [0.1, 0.15) is 42.2 Å². The van der Waals surface area contributed by atoms with E-state index in [1.165, 1.54) is 11.3 Å². The minimum atomic E-state index is -5.06. The molecule has 0 unspecified atom stereocenters. The van der Waals surface area contributed by atoms with Crippen LogP contribution in [0.2, 0.25) is 0 Å². The molecule has 2 aromatic rings. The first kappa shape index (κ1) is 21.4. The van der Waals surface area contributed by atoms with Gasteiger partial charge in [-0.15, -0.1) is 11.3 Å². The van der Waals surface area contributed by atoms with Crippen molar-refractivity contribution in [3.63, 3.8) is 0 Å². The first-order chi connectivity index (χ1) is 13.9. The first-order valence-electron chi connectivity index (χ1n) is 9.62. The maximum atomic E-state index is 13.4. The summed E-state index contributed by atoms with van der Waals surface area (Å²) >= 11 is 1.17. The molecule has 1 aromatic carbocycles. The van der Waals surface area contributed by atoms with Crippen LogP contribution in [-0.4, -0.2) is 35.5 Å². The number of alkyl halides is 3. The summed E-state index contributed by atoms with van der Waals surface area (Å²) in [7, 11) is 0. The van der Waals surface area contributed by atoms with Crippen LogP contribution < -0.4 is 5.32 Å². The molecule has 1 N–H and O–H groups in total. The lowest BCUT2D eigenvalue weighted by molar-refractivity contribution is -0.188. The van der Waals surface area contributed by atoms with E-state index in [4.69, 9.17) is 0 Å². The SMILES string of the molecule is O=C(NC1CCCC1)[C@@H](c1cccs1)N(CCc1ccccc1)C(=O)C(F)(F)F. The van der Waals surface area contributed by atoms with Crippen molar-refractivity contribution in [2.75, 3.05) is 6.54 Å². The molecular weight excluding hydrogens is 401 g/mol. The third-order valence-electron chi connectivity index (χ3n) is 5.06. The van der Waals surface area contributed by atoms with Crippen molar-refractivity contribution in [2.45, 2.75) is 50.4 Å². The van der Waals surface area contributed by atoms with Crippen LogP contribution >= 0.6 is 11.3 Å². The van der Waals surface area contributed by atoms with Crippen molar-refractivity contribution in [3.05, 3.63) is 58.3 Å². The minimum Gasteiger partial charge on any atom is -0.351 e. The quantitative estimate of drug-likeness (QED) is 0.712. The Labute approximate surface area is 171 Å². The Hall–Kier alpha value is -2.35. The van der Waals surface area contributed by atoms with E-state index in [0.717, 1.165) is 31.2 Å². The standard InChI is InChI=1S/C21H23F3N2O2S/c22-21(23,24)20(28)26(13-12-15-7-2-1-3-8-15)18(17-11-6-14-29-17)19(27)25-16-9-4-5-10-16/h1-3,6-8,11,14,16,18H,4-5,9-10,12-13H2,(H,25,27)/t18-/m1/s1. The van der Waals surface area contributed by atoms with Gasteiger partial charge in [-0.1, -0.05) is 49.2 Å². The smallest absolute Gasteiger partial charge is 0.351 e. The molecule has 0 bridgehead atoms. The molecule has 29 heavy (non-hydrogen) atoms. The highest BCUT2D eigenvalue weighted by molar-refractivity contribution is 7.10. The molecule has 8 heteroatoms. The number of carbonyl (C=O) groups excluding carboxylic acids is 2. The van der Waals surface area contributed by atoms with Crippen LogP contribution in [0, 0.1) is 0 Å². The van der Waals surface area contributed by atoms with Gasteiger partial charge < -0.3 is 10.2 Å². The molecule has 0 radical (unpaired) electrons. The van der Waals surface area contributed by atoms with Crippen LogP contribution in [0.5, 0.6) is 0 Å². The summed E-state index contributed by atoms with van der Waals surface area (Å²) in [6.45, 7) is -0.205. The zero-order chi connectivity index (χ0) is 20.9. The summed E-state index contributed by atoms with van der Waals surface area (Å²) in [5.74, 6) is -2.54. The minimum absolute atomic E-state index is 0.0538. The molecule has 0 spiro atoms. The highest BCUT2D eigenvalue weighted by Gasteiger charge is 2.46. The molecule has 1 heterocycles. The number of hydrogen-bond donors (Lipinski definition) is 1. The van der Waals surface area contributed by atoms with Gasteiger partial charge in [0.25, 0.3) is 0 Å². The lowest BCUT2D eigenvalue weighted by Gasteiger charge is -2.32. The van der Waals surface area contributed by atoms with E-state index >= 15 is 0 Å². The largest absolute Gasteiger partial charge is 0.471 e. The van der Waals surface area contributed by atoms with Crippen molar-refractivity contribution >= 4 is 23.2 Å². The monoisotopic (exact) mass is 424 g/mol. The summed E-state index contributed by atoms with van der Waals surface area (Å²) in [5.41, 5.74) is 0.800. The van der Waals surface area contributed by atoms with Crippen LogP contribution in [-0.2, 0) is 16.0 Å². The average molecular weight is 424 g/mol. The molecule has 156 valence electrons. The Bertz CT molecular complexity index is 803. The Kier molecular flexibility index (Phi) is 6.95. The number of nitrogens with zero attached hydrogens (tertiary/aromatic N) is 1. The van der Waals surface area contributed by atoms with Crippen molar-refractivity contribution in [1.82, 2.24) is 10.2 Å². The molecule has 1 fully saturated rings. The lowest BCUT2D eigenvalue weighted by atomic mass is 10.1. The van der Waals surface area contributed by atoms with Crippen LogP contribution in [0.3, 0.4) is 0 Å². The van der Waals surface area contributed by atoms with Gasteiger partial charge in [0.1, 0.15) is 6.04 Å². The van der Waals surface area contributed by atoms with E-state index in [1.54, 1.807) is 41.8 Å². The van der Waals surface area contributed by atoms with Gasteiger partial charge in [0.05, 0.1) is 0 Å². The number of nitrogens with one attached hydrogen (secondary N) is 1. The Morgan fingerprint density at radius 2 is 1.79 bits per heavy atom. The summed E-state index contributed by atoms with van der Waals surface area (Å²) < 4.78 is 40.1. The van der Waals surface area contributed by atoms with Crippen LogP contribution in [0.15, 0.2) is 47.8 Å². The zero-order valence-electron chi connectivity index (χ0n) is 15.8. The van der Waals surface area contributed by atoms with E-state index in [2.05, 4.69) is 5.32 Å². The first-order valence-corrected chi connectivity index (χ1v) is 10.5. The second-order valence-corrected chi connectivity index (χ2v) is 8.12. The second-order valence-electron chi connectivity index (χ2n) is 7.14. The maximum Gasteiger partial charge on any atom is 0.471 e. The van der Waals surface area contributed by atoms with Gasteiger partial charge in [-0.2, -0.15) is 13.2 Å². The van der Waals surface area contributed by atoms with Gasteiger partial charge in [-0.3, -0.25) is 9.59 Å². The summed E-state index contributed by atoms with van der Waals surface area (Å²) in [5, 5.41) is 4.55. The molecule has 1 atom stereocenters. The molecule has 0 aliphatic heterocycles. The molecule has 1 aliphatic rings. The number of halogens is 3. The maximum absolute atomic E-state index is 13.4. The van der Waals surface area contributed by atoms with Crippen molar-refractivity contribution in [1.29, 1.82) is 0 Å². The topological polar surface area (TPSA) is 49.4 Å². The van der Waals surface area contributed by atoms with Gasteiger partial charge in [0.2, 0.25) is 5.91 Å². The summed E-state index contributed by atoms with van der Waals surface area (Å²) in [4.78, 5) is 26.4. The number of hydrogen-bond acceptors (Lipinski definition) is 3. The van der Waals surface area contributed by atoms with Crippen LogP contribution in [0.25, 0.3) is 0 Å². The van der Waals surface area contributed by atoms with Crippen LogP contribution in [0.4, 0.5) is 13.2 Å². The van der Waals surface area contributed by atoms with E-state index in [0.29, 0.717) is 9.78 Å². The summed E-state index contributed by atoms with van der Waals surface area (Å²) in [6, 6.07) is 10.9. The third kappa shape index (κ3) is 5.59. The predicted molar refractivity (Wildman–Crippen MR) is 105 cm³/mol. The van der Waals surface area contributed by atoms with Crippen molar-refractivity contribution in [3.8, 4) is 0 Å². The number of amides is 2. The predicted octanol–water partition coefficient (Wildman–Crippen LogP) is 4.48. The summed E-state index contributed by atoms with van der Waals surface area (Å²) in [6.07, 6.45) is -1.26. The highest BCUT2D eigenvalue weighted by Crippen LogP contribution is 2.31. The second kappa shape index (κ2) is 9.43. The fourth-order valence-electron chi connectivity index (χ4n) is 3.63. The molecule has 1 saturated carbocycles. The van der Waals surface area contributed by atoms with Gasteiger partial charge >= 0.3 is 12.1 Å². The van der Waals surface area contributed by atoms with Crippen molar-refractivity contribution < 1.29 is 22.8 Å². The molecule has 4 nitrogen and oxygen atoms in total. The van der Waals surface area contributed by atoms with E-state index in [9.17, 15) is 22.8 Å².